The van der Waals surface area contributed by atoms with Crippen LogP contribution in [-0.4, -0.2) is 35.4 Å². The number of pyridine rings is 1. The second-order valence-corrected chi connectivity index (χ2v) is 4.11. The lowest BCUT2D eigenvalue weighted by Crippen LogP contribution is -2.52. The van der Waals surface area contributed by atoms with Gasteiger partial charge in [-0.15, -0.1) is 0 Å². The van der Waals surface area contributed by atoms with Crippen LogP contribution >= 0.6 is 0 Å². The molecule has 3 rings (SSSR count). The zero-order valence-electron chi connectivity index (χ0n) is 8.44. The van der Waals surface area contributed by atoms with Gasteiger partial charge in [-0.3, -0.25) is 14.7 Å². The lowest BCUT2D eigenvalue weighted by atomic mass is 9.93. The van der Waals surface area contributed by atoms with Crippen LogP contribution in [0.4, 0.5) is 0 Å². The van der Waals surface area contributed by atoms with Gasteiger partial charge in [-0.25, -0.2) is 0 Å². The van der Waals surface area contributed by atoms with Crippen LogP contribution in [0.2, 0.25) is 0 Å². The highest BCUT2D eigenvalue weighted by molar-refractivity contribution is 5.79. The van der Waals surface area contributed by atoms with Crippen LogP contribution in [0, 0.1) is 0 Å². The Hall–Kier alpha value is -1.42. The molecule has 0 radical (unpaired) electrons. The summed E-state index contributed by atoms with van der Waals surface area (Å²) in [6.45, 7) is 2.23. The molecule has 1 N–H and O–H groups in total. The van der Waals surface area contributed by atoms with Crippen LogP contribution in [0.25, 0.3) is 0 Å². The van der Waals surface area contributed by atoms with Crippen molar-refractivity contribution in [1.29, 1.82) is 0 Å². The molecule has 0 bridgehead atoms. The molecule has 0 saturated carbocycles. The molecule has 4 nitrogen and oxygen atoms in total. The third-order valence-corrected chi connectivity index (χ3v) is 3.25. The second-order valence-electron chi connectivity index (χ2n) is 4.11. The summed E-state index contributed by atoms with van der Waals surface area (Å²) >= 11 is 0. The van der Waals surface area contributed by atoms with Crippen LogP contribution in [0.15, 0.2) is 18.5 Å². The maximum Gasteiger partial charge on any atom is 0.234 e. The highest BCUT2D eigenvalue weighted by Gasteiger charge is 2.32. The molecule has 1 aromatic rings. The Labute approximate surface area is 88.3 Å². The topological polar surface area (TPSA) is 45.2 Å². The molecule has 0 aliphatic carbocycles. The zero-order valence-corrected chi connectivity index (χ0v) is 8.44. The number of hydrogen-bond donors (Lipinski definition) is 1. The van der Waals surface area contributed by atoms with E-state index in [1.807, 2.05) is 12.4 Å². The quantitative estimate of drug-likeness (QED) is 0.651. The molecule has 0 spiro atoms. The Morgan fingerprint density at radius 2 is 2.47 bits per heavy atom. The van der Waals surface area contributed by atoms with Gasteiger partial charge in [0.25, 0.3) is 0 Å². The monoisotopic (exact) mass is 203 g/mol. The predicted molar refractivity (Wildman–Crippen MR) is 55.3 cm³/mol. The van der Waals surface area contributed by atoms with Crippen molar-refractivity contribution >= 4 is 5.91 Å². The summed E-state index contributed by atoms with van der Waals surface area (Å²) in [4.78, 5) is 17.7. The number of aromatic nitrogens is 1. The van der Waals surface area contributed by atoms with Crippen LogP contribution in [0.5, 0.6) is 0 Å². The lowest BCUT2D eigenvalue weighted by Gasteiger charge is -2.39. The molecule has 1 atom stereocenters. The van der Waals surface area contributed by atoms with E-state index in [4.69, 9.17) is 0 Å². The summed E-state index contributed by atoms with van der Waals surface area (Å²) in [5.74, 6) is 0.138. The number of nitrogens with zero attached hydrogens (tertiary/aromatic N) is 2. The number of carbonyl (C=O) groups is 1. The Bertz CT molecular complexity index is 405. The van der Waals surface area contributed by atoms with Gasteiger partial charge in [-0.2, -0.15) is 0 Å². The molecule has 1 fully saturated rings. The smallest absolute Gasteiger partial charge is 0.234 e. The van der Waals surface area contributed by atoms with E-state index in [-0.39, 0.29) is 5.91 Å². The molecular weight excluding hydrogens is 190 g/mol. The van der Waals surface area contributed by atoms with E-state index in [0.717, 1.165) is 19.5 Å². The van der Waals surface area contributed by atoms with Gasteiger partial charge in [-0.1, -0.05) is 0 Å². The van der Waals surface area contributed by atoms with E-state index >= 15 is 0 Å². The number of nitrogens with one attached hydrogen (secondary N) is 1. The van der Waals surface area contributed by atoms with E-state index in [2.05, 4.69) is 21.3 Å². The Morgan fingerprint density at radius 1 is 1.53 bits per heavy atom. The average molecular weight is 203 g/mol. The highest BCUT2D eigenvalue weighted by Crippen LogP contribution is 2.29. The van der Waals surface area contributed by atoms with E-state index < -0.39 is 0 Å². The van der Waals surface area contributed by atoms with E-state index in [1.54, 1.807) is 0 Å². The number of amides is 1. The first-order chi connectivity index (χ1) is 7.34. The SMILES string of the molecule is O=C1CN2CCc3ccncc3C2CN1. The zero-order chi connectivity index (χ0) is 10.3. The summed E-state index contributed by atoms with van der Waals surface area (Å²) in [6.07, 6.45) is 4.81. The number of hydrogen-bond acceptors (Lipinski definition) is 3. The van der Waals surface area contributed by atoms with Crippen molar-refractivity contribution in [2.45, 2.75) is 12.5 Å². The molecule has 0 aromatic carbocycles. The van der Waals surface area contributed by atoms with E-state index in [9.17, 15) is 4.79 Å². The van der Waals surface area contributed by atoms with Gasteiger partial charge in [0.05, 0.1) is 12.6 Å². The van der Waals surface area contributed by atoms with Crippen LogP contribution < -0.4 is 5.32 Å². The molecule has 1 unspecified atom stereocenters. The van der Waals surface area contributed by atoms with E-state index in [0.29, 0.717) is 12.6 Å². The van der Waals surface area contributed by atoms with Crippen molar-refractivity contribution < 1.29 is 4.79 Å². The minimum atomic E-state index is 0.138. The summed E-state index contributed by atoms with van der Waals surface area (Å²) in [7, 11) is 0. The first-order valence-corrected chi connectivity index (χ1v) is 5.28. The molecule has 2 aliphatic heterocycles. The standard InChI is InChI=1S/C11H13N3O/c15-11-7-14-4-2-8-1-3-12-5-9(8)10(14)6-13-11/h1,3,5,10H,2,4,6-7H2,(H,13,15). The molecule has 4 heteroatoms. The normalized spacial score (nSPS) is 25.3. The van der Waals surface area contributed by atoms with Crippen molar-refractivity contribution in [3.63, 3.8) is 0 Å². The minimum Gasteiger partial charge on any atom is -0.353 e. The van der Waals surface area contributed by atoms with Gasteiger partial charge in [0.2, 0.25) is 5.91 Å². The molecule has 1 aromatic heterocycles. The van der Waals surface area contributed by atoms with Crippen molar-refractivity contribution in [3.05, 3.63) is 29.6 Å². The van der Waals surface area contributed by atoms with Gasteiger partial charge in [-0.05, 0) is 23.6 Å². The van der Waals surface area contributed by atoms with Gasteiger partial charge in [0.1, 0.15) is 0 Å². The molecule has 15 heavy (non-hydrogen) atoms. The van der Waals surface area contributed by atoms with Gasteiger partial charge in [0, 0.05) is 25.5 Å². The molecule has 2 aliphatic rings. The van der Waals surface area contributed by atoms with Crippen molar-refractivity contribution in [2.24, 2.45) is 0 Å². The maximum absolute atomic E-state index is 11.3. The highest BCUT2D eigenvalue weighted by atomic mass is 16.2. The third-order valence-electron chi connectivity index (χ3n) is 3.25. The van der Waals surface area contributed by atoms with Gasteiger partial charge in [0.15, 0.2) is 0 Å². The van der Waals surface area contributed by atoms with Crippen molar-refractivity contribution in [3.8, 4) is 0 Å². The van der Waals surface area contributed by atoms with Crippen molar-refractivity contribution in [2.75, 3.05) is 19.6 Å². The Balaban J connectivity index is 1.97. The second kappa shape index (κ2) is 3.31. The van der Waals surface area contributed by atoms with Gasteiger partial charge >= 0.3 is 0 Å². The Kier molecular flexibility index (Phi) is 1.95. The minimum absolute atomic E-state index is 0.138. The predicted octanol–water partition coefficient (Wildman–Crippen LogP) is 0.111. The number of piperazine rings is 1. The van der Waals surface area contributed by atoms with Crippen LogP contribution in [0.1, 0.15) is 17.2 Å². The molecule has 1 amide bonds. The maximum atomic E-state index is 11.3. The third kappa shape index (κ3) is 1.41. The first-order valence-electron chi connectivity index (χ1n) is 5.28. The fourth-order valence-corrected chi connectivity index (χ4v) is 2.46. The summed E-state index contributed by atoms with van der Waals surface area (Å²) in [6, 6.07) is 2.42. The first kappa shape index (κ1) is 8.85. The van der Waals surface area contributed by atoms with Crippen molar-refractivity contribution in [1.82, 2.24) is 15.2 Å². The van der Waals surface area contributed by atoms with Gasteiger partial charge < -0.3 is 5.32 Å². The molecular formula is C11H13N3O. The summed E-state index contributed by atoms with van der Waals surface area (Å²) in [5.41, 5.74) is 2.66. The average Bonchev–Trinajstić information content (AvgIpc) is 2.28. The molecule has 3 heterocycles. The van der Waals surface area contributed by atoms with Crippen LogP contribution in [-0.2, 0) is 11.2 Å². The molecule has 1 saturated heterocycles. The Morgan fingerprint density at radius 3 is 3.40 bits per heavy atom. The summed E-state index contributed by atoms with van der Waals surface area (Å²) < 4.78 is 0. The largest absolute Gasteiger partial charge is 0.353 e. The lowest BCUT2D eigenvalue weighted by molar-refractivity contribution is -0.125. The fourth-order valence-electron chi connectivity index (χ4n) is 2.46. The number of carbonyl (C=O) groups excluding carboxylic acids is 1. The fraction of sp³-hybridized carbons (Fsp3) is 0.455. The number of fused-ring (bicyclic) bond motifs is 3. The van der Waals surface area contributed by atoms with E-state index in [1.165, 1.54) is 11.1 Å². The van der Waals surface area contributed by atoms with Crippen LogP contribution in [0.3, 0.4) is 0 Å². The molecule has 78 valence electrons. The number of rotatable bonds is 0. The summed E-state index contributed by atoms with van der Waals surface area (Å²) in [5, 5.41) is 2.91.